The molecule has 8 nitrogen and oxygen atoms in total. The fourth-order valence-electron chi connectivity index (χ4n) is 3.07. The summed E-state index contributed by atoms with van der Waals surface area (Å²) < 4.78 is 37.7. The second-order valence-electron chi connectivity index (χ2n) is 7.04. The number of aromatic nitrogens is 2. The van der Waals surface area contributed by atoms with Gasteiger partial charge in [0.05, 0.1) is 18.1 Å². The molecular weight excluding hydrogens is 432 g/mol. The van der Waals surface area contributed by atoms with Crippen LogP contribution in [0, 0.1) is 13.8 Å². The van der Waals surface area contributed by atoms with Gasteiger partial charge in [-0.15, -0.1) is 4.09 Å². The van der Waals surface area contributed by atoms with Gasteiger partial charge >= 0.3 is 11.9 Å². The Morgan fingerprint density at radius 3 is 1.88 bits per heavy atom. The third-order valence-corrected chi connectivity index (χ3v) is 6.26. The van der Waals surface area contributed by atoms with Gasteiger partial charge in [-0.05, 0) is 39.8 Å². The molecule has 2 aromatic carbocycles. The van der Waals surface area contributed by atoms with Gasteiger partial charge in [-0.3, -0.25) is 0 Å². The van der Waals surface area contributed by atoms with Crippen molar-refractivity contribution in [3.8, 4) is 11.3 Å². The summed E-state index contributed by atoms with van der Waals surface area (Å²) in [4.78, 5) is 25.7. The molecule has 0 spiro atoms. The van der Waals surface area contributed by atoms with E-state index in [1.165, 1.54) is 12.1 Å². The Morgan fingerprint density at radius 1 is 0.844 bits per heavy atom. The van der Waals surface area contributed by atoms with Crippen molar-refractivity contribution < 1.29 is 27.5 Å². The number of rotatable bonds is 7. The Bertz CT molecular complexity index is 1240. The van der Waals surface area contributed by atoms with E-state index < -0.39 is 27.7 Å². The minimum absolute atomic E-state index is 0.0159. The predicted octanol–water partition coefficient (Wildman–Crippen LogP) is 3.76. The van der Waals surface area contributed by atoms with Crippen molar-refractivity contribution in [2.75, 3.05) is 13.2 Å². The summed E-state index contributed by atoms with van der Waals surface area (Å²) in [7, 11) is -4.32. The third kappa shape index (κ3) is 4.43. The molecule has 32 heavy (non-hydrogen) atoms. The zero-order valence-corrected chi connectivity index (χ0v) is 19.1. The largest absolute Gasteiger partial charge is 0.462 e. The molecule has 0 atom stereocenters. The van der Waals surface area contributed by atoms with Crippen molar-refractivity contribution in [1.82, 2.24) is 9.19 Å². The number of aryl methyl sites for hydroxylation is 2. The molecule has 0 aliphatic rings. The average Bonchev–Trinajstić information content (AvgIpc) is 3.17. The molecule has 0 aliphatic carbocycles. The molecule has 3 aromatic rings. The molecule has 0 unspecified atom stereocenters. The van der Waals surface area contributed by atoms with E-state index in [-0.39, 0.29) is 29.4 Å². The maximum Gasteiger partial charge on any atom is 0.358 e. The summed E-state index contributed by atoms with van der Waals surface area (Å²) in [6.07, 6.45) is 0. The second kappa shape index (κ2) is 9.35. The van der Waals surface area contributed by atoms with Crippen LogP contribution in [0.15, 0.2) is 53.4 Å². The van der Waals surface area contributed by atoms with Crippen LogP contribution in [0.4, 0.5) is 0 Å². The topological polar surface area (TPSA) is 105 Å². The summed E-state index contributed by atoms with van der Waals surface area (Å²) in [6.45, 7) is 6.92. The SMILES string of the molecule is CCOC(=O)c1c(-c2ccc(C)cc2)nn(S(=O)(=O)c2ccc(C)cc2)c1C(=O)OCC. The van der Waals surface area contributed by atoms with Crippen LogP contribution in [-0.2, 0) is 19.5 Å². The Labute approximate surface area is 186 Å². The standard InChI is InChI=1S/C23H24N2O6S/c1-5-30-22(26)19-20(17-11-7-15(3)8-12-17)24-25(21(19)23(27)31-6-2)32(28,29)18-13-9-16(4)10-14-18/h7-14H,5-6H2,1-4H3. The van der Waals surface area contributed by atoms with Gasteiger partial charge in [-0.1, -0.05) is 47.5 Å². The zero-order chi connectivity index (χ0) is 23.5. The number of nitrogens with zero attached hydrogens (tertiary/aromatic N) is 2. The van der Waals surface area contributed by atoms with Crippen LogP contribution in [0.1, 0.15) is 45.8 Å². The molecule has 1 heterocycles. The van der Waals surface area contributed by atoms with E-state index in [4.69, 9.17) is 9.47 Å². The molecule has 3 rings (SSSR count). The van der Waals surface area contributed by atoms with E-state index in [0.717, 1.165) is 11.1 Å². The fourth-order valence-corrected chi connectivity index (χ4v) is 4.35. The Kier molecular flexibility index (Phi) is 6.78. The minimum atomic E-state index is -4.32. The quantitative estimate of drug-likeness (QED) is 0.499. The van der Waals surface area contributed by atoms with E-state index in [2.05, 4.69) is 5.10 Å². The van der Waals surface area contributed by atoms with E-state index in [9.17, 15) is 18.0 Å². The lowest BCUT2D eigenvalue weighted by Crippen LogP contribution is -2.23. The second-order valence-corrected chi connectivity index (χ2v) is 8.81. The van der Waals surface area contributed by atoms with Gasteiger partial charge in [0, 0.05) is 5.56 Å². The molecule has 0 radical (unpaired) electrons. The first-order valence-electron chi connectivity index (χ1n) is 10.1. The number of hydrogen-bond donors (Lipinski definition) is 0. The number of esters is 2. The molecule has 0 aliphatic heterocycles. The van der Waals surface area contributed by atoms with Crippen LogP contribution in [0.25, 0.3) is 11.3 Å². The van der Waals surface area contributed by atoms with Gasteiger partial charge in [0.1, 0.15) is 11.3 Å². The van der Waals surface area contributed by atoms with Crippen LogP contribution in [0.2, 0.25) is 0 Å². The normalized spacial score (nSPS) is 11.2. The Morgan fingerprint density at radius 2 is 1.34 bits per heavy atom. The van der Waals surface area contributed by atoms with Crippen molar-refractivity contribution in [3.63, 3.8) is 0 Å². The molecule has 0 fully saturated rings. The molecule has 0 saturated heterocycles. The van der Waals surface area contributed by atoms with Gasteiger partial charge < -0.3 is 9.47 Å². The minimum Gasteiger partial charge on any atom is -0.462 e. The lowest BCUT2D eigenvalue weighted by atomic mass is 10.0. The van der Waals surface area contributed by atoms with Gasteiger partial charge in [-0.25, -0.2) is 9.59 Å². The predicted molar refractivity (Wildman–Crippen MR) is 118 cm³/mol. The van der Waals surface area contributed by atoms with Crippen LogP contribution in [-0.4, -0.2) is 42.8 Å². The first-order chi connectivity index (χ1) is 15.2. The third-order valence-electron chi connectivity index (χ3n) is 4.68. The highest BCUT2D eigenvalue weighted by Crippen LogP contribution is 2.30. The van der Waals surface area contributed by atoms with Crippen molar-refractivity contribution in [1.29, 1.82) is 0 Å². The molecule has 9 heteroatoms. The van der Waals surface area contributed by atoms with E-state index in [0.29, 0.717) is 9.65 Å². The molecule has 0 amide bonds. The van der Waals surface area contributed by atoms with Gasteiger partial charge in [0.15, 0.2) is 5.69 Å². The van der Waals surface area contributed by atoms with Crippen LogP contribution in [0.5, 0.6) is 0 Å². The van der Waals surface area contributed by atoms with Crippen molar-refractivity contribution >= 4 is 22.0 Å². The van der Waals surface area contributed by atoms with E-state index >= 15 is 0 Å². The number of benzene rings is 2. The summed E-state index contributed by atoms with van der Waals surface area (Å²) in [5.41, 5.74) is 1.54. The van der Waals surface area contributed by atoms with E-state index in [1.54, 1.807) is 50.2 Å². The first kappa shape index (κ1) is 23.2. The summed E-state index contributed by atoms with van der Waals surface area (Å²) in [5.74, 6) is -1.85. The van der Waals surface area contributed by atoms with Crippen molar-refractivity contribution in [2.45, 2.75) is 32.6 Å². The Balaban J connectivity index is 2.36. The molecular formula is C23H24N2O6S. The van der Waals surface area contributed by atoms with Crippen LogP contribution >= 0.6 is 0 Å². The van der Waals surface area contributed by atoms with Crippen molar-refractivity contribution in [3.05, 3.63) is 70.9 Å². The lowest BCUT2D eigenvalue weighted by molar-refractivity contribution is 0.0474. The molecule has 0 saturated carbocycles. The number of ether oxygens (including phenoxy) is 2. The lowest BCUT2D eigenvalue weighted by Gasteiger charge is -2.10. The highest BCUT2D eigenvalue weighted by molar-refractivity contribution is 7.90. The highest BCUT2D eigenvalue weighted by Gasteiger charge is 2.36. The number of hydrogen-bond acceptors (Lipinski definition) is 7. The maximum absolute atomic E-state index is 13.4. The smallest absolute Gasteiger partial charge is 0.358 e. The van der Waals surface area contributed by atoms with Gasteiger partial charge in [0.25, 0.3) is 10.0 Å². The molecule has 0 N–H and O–H groups in total. The van der Waals surface area contributed by atoms with Gasteiger partial charge in [0.2, 0.25) is 0 Å². The summed E-state index contributed by atoms with van der Waals surface area (Å²) in [6, 6.07) is 13.1. The van der Waals surface area contributed by atoms with Crippen LogP contribution < -0.4 is 0 Å². The average molecular weight is 457 g/mol. The summed E-state index contributed by atoms with van der Waals surface area (Å²) in [5, 5.41) is 4.21. The molecule has 168 valence electrons. The zero-order valence-electron chi connectivity index (χ0n) is 18.3. The number of carbonyl (C=O) groups excluding carboxylic acids is 2. The highest BCUT2D eigenvalue weighted by atomic mass is 32.2. The van der Waals surface area contributed by atoms with Crippen molar-refractivity contribution in [2.24, 2.45) is 0 Å². The summed E-state index contributed by atoms with van der Waals surface area (Å²) >= 11 is 0. The fraction of sp³-hybridized carbons (Fsp3) is 0.261. The van der Waals surface area contributed by atoms with Crippen LogP contribution in [0.3, 0.4) is 0 Å². The maximum atomic E-state index is 13.4. The van der Waals surface area contributed by atoms with E-state index in [1.807, 2.05) is 13.8 Å². The monoisotopic (exact) mass is 456 g/mol. The molecule has 1 aromatic heterocycles. The number of carbonyl (C=O) groups is 2. The van der Waals surface area contributed by atoms with Gasteiger partial charge in [-0.2, -0.15) is 13.5 Å². The first-order valence-corrected chi connectivity index (χ1v) is 11.5. The Hall–Kier alpha value is -3.46. The molecule has 0 bridgehead atoms.